The Bertz CT molecular complexity index is 1360. The fraction of sp³-hybridized carbons (Fsp3) is 0.222. The number of hydrogen-bond acceptors (Lipinski definition) is 6. The van der Waals surface area contributed by atoms with Crippen molar-refractivity contribution in [3.8, 4) is 5.82 Å². The molecule has 0 spiro atoms. The molecule has 0 aliphatic carbocycles. The van der Waals surface area contributed by atoms with E-state index in [1.807, 2.05) is 6.92 Å². The van der Waals surface area contributed by atoms with Gasteiger partial charge in [0.1, 0.15) is 4.90 Å². The van der Waals surface area contributed by atoms with Crippen LogP contribution in [0.1, 0.15) is 18.1 Å². The van der Waals surface area contributed by atoms with Crippen LogP contribution in [0.25, 0.3) is 16.7 Å². The summed E-state index contributed by atoms with van der Waals surface area (Å²) in [7, 11) is -2.40. The van der Waals surface area contributed by atoms with Crippen molar-refractivity contribution in [3.63, 3.8) is 0 Å². The third kappa shape index (κ3) is 3.83. The van der Waals surface area contributed by atoms with Crippen molar-refractivity contribution in [1.82, 2.24) is 29.8 Å². The monoisotopic (exact) mass is 451 g/mol. The smallest absolute Gasteiger partial charge is 0.267 e. The van der Waals surface area contributed by atoms with E-state index in [1.165, 1.54) is 16.8 Å². The standard InChI is InChI=1S/C18H16F3N7O2S/c1-3-11-4-5-12-8-22-27(2)16(12)17(11)31(29,30)26-14-6-7-15(25-24-14)28-10-13(9-23-28)18(19,20)21/h4-10H,3H2,1-2H3,(H,24,26). The Hall–Kier alpha value is -3.48. The third-order valence-electron chi connectivity index (χ3n) is 4.62. The number of nitrogens with one attached hydrogen (secondary N) is 1. The molecule has 1 N–H and O–H groups in total. The Balaban J connectivity index is 1.66. The molecule has 0 saturated heterocycles. The van der Waals surface area contributed by atoms with Gasteiger partial charge in [-0.1, -0.05) is 19.1 Å². The summed E-state index contributed by atoms with van der Waals surface area (Å²) in [5.74, 6) is -0.0883. The summed E-state index contributed by atoms with van der Waals surface area (Å²) in [6, 6.07) is 6.13. The highest BCUT2D eigenvalue weighted by atomic mass is 32.2. The zero-order chi connectivity index (χ0) is 22.4. The van der Waals surface area contributed by atoms with Gasteiger partial charge in [-0.3, -0.25) is 9.40 Å². The molecule has 0 fully saturated rings. The molecule has 0 atom stereocenters. The van der Waals surface area contributed by atoms with Gasteiger partial charge in [-0.05, 0) is 24.1 Å². The van der Waals surface area contributed by atoms with Gasteiger partial charge in [0.15, 0.2) is 11.6 Å². The molecule has 0 amide bonds. The number of nitrogens with zero attached hydrogens (tertiary/aromatic N) is 6. The minimum absolute atomic E-state index is 0.00133. The highest BCUT2D eigenvalue weighted by Gasteiger charge is 2.32. The first-order valence-electron chi connectivity index (χ1n) is 9.02. The Morgan fingerprint density at radius 2 is 1.84 bits per heavy atom. The minimum atomic E-state index is -4.54. The minimum Gasteiger partial charge on any atom is -0.267 e. The van der Waals surface area contributed by atoms with Crippen molar-refractivity contribution in [3.05, 3.63) is 54.0 Å². The molecule has 4 aromatic rings. The van der Waals surface area contributed by atoms with Gasteiger partial charge in [-0.2, -0.15) is 23.4 Å². The van der Waals surface area contributed by atoms with Crippen LogP contribution in [0.15, 0.2) is 47.8 Å². The average Bonchev–Trinajstić information content (AvgIpc) is 3.35. The summed E-state index contributed by atoms with van der Waals surface area (Å²) in [6.45, 7) is 1.84. The molecule has 0 unspecified atom stereocenters. The highest BCUT2D eigenvalue weighted by molar-refractivity contribution is 7.93. The zero-order valence-electron chi connectivity index (χ0n) is 16.3. The van der Waals surface area contributed by atoms with Gasteiger partial charge in [0.05, 0.1) is 23.5 Å². The lowest BCUT2D eigenvalue weighted by atomic mass is 10.1. The van der Waals surface area contributed by atoms with Crippen molar-refractivity contribution < 1.29 is 21.6 Å². The van der Waals surface area contributed by atoms with Crippen molar-refractivity contribution in [2.75, 3.05) is 4.72 Å². The van der Waals surface area contributed by atoms with Crippen LogP contribution in [-0.4, -0.2) is 38.2 Å². The van der Waals surface area contributed by atoms with Gasteiger partial charge in [0.2, 0.25) is 0 Å². The van der Waals surface area contributed by atoms with Crippen molar-refractivity contribution in [2.45, 2.75) is 24.4 Å². The molecule has 0 aliphatic rings. The van der Waals surface area contributed by atoms with Crippen LogP contribution in [-0.2, 0) is 29.7 Å². The van der Waals surface area contributed by atoms with Crippen LogP contribution >= 0.6 is 0 Å². The van der Waals surface area contributed by atoms with E-state index in [-0.39, 0.29) is 16.5 Å². The summed E-state index contributed by atoms with van der Waals surface area (Å²) in [6.07, 6.45) is -1.06. The molecule has 13 heteroatoms. The maximum absolute atomic E-state index is 13.2. The van der Waals surface area contributed by atoms with Crippen molar-refractivity contribution in [1.29, 1.82) is 0 Å². The molecule has 0 radical (unpaired) electrons. The molecule has 9 nitrogen and oxygen atoms in total. The number of benzene rings is 1. The molecule has 3 heterocycles. The van der Waals surface area contributed by atoms with Gasteiger partial charge in [-0.15, -0.1) is 10.2 Å². The number of anilines is 1. The summed E-state index contributed by atoms with van der Waals surface area (Å²) in [5.41, 5.74) is 0.118. The summed E-state index contributed by atoms with van der Waals surface area (Å²) in [5, 5.41) is 16.0. The van der Waals surface area contributed by atoms with E-state index in [4.69, 9.17) is 0 Å². The number of halogens is 3. The largest absolute Gasteiger partial charge is 0.419 e. The maximum Gasteiger partial charge on any atom is 0.419 e. The van der Waals surface area contributed by atoms with Crippen LogP contribution < -0.4 is 4.72 Å². The van der Waals surface area contributed by atoms with E-state index in [0.29, 0.717) is 29.1 Å². The quantitative estimate of drug-likeness (QED) is 0.500. The fourth-order valence-electron chi connectivity index (χ4n) is 3.14. The molecule has 0 aliphatic heterocycles. The molecule has 0 saturated carbocycles. The van der Waals surface area contributed by atoms with Gasteiger partial charge in [0.25, 0.3) is 10.0 Å². The molecular weight excluding hydrogens is 435 g/mol. The number of aryl methyl sites for hydroxylation is 2. The van der Waals surface area contributed by atoms with Crippen molar-refractivity contribution in [2.24, 2.45) is 7.05 Å². The first-order valence-corrected chi connectivity index (χ1v) is 10.5. The van der Waals surface area contributed by atoms with E-state index in [2.05, 4.69) is 25.1 Å². The van der Waals surface area contributed by atoms with Crippen LogP contribution in [0, 0.1) is 0 Å². The predicted octanol–water partition coefficient (Wildman–Crippen LogP) is 2.93. The first kappa shape index (κ1) is 20.8. The van der Waals surface area contributed by atoms with E-state index in [0.717, 1.165) is 10.9 Å². The predicted molar refractivity (Wildman–Crippen MR) is 105 cm³/mol. The number of fused-ring (bicyclic) bond motifs is 1. The Morgan fingerprint density at radius 1 is 1.06 bits per heavy atom. The Labute approximate surface area is 174 Å². The number of aromatic nitrogens is 6. The summed E-state index contributed by atoms with van der Waals surface area (Å²) >= 11 is 0. The average molecular weight is 451 g/mol. The van der Waals surface area contributed by atoms with Crippen LogP contribution in [0.5, 0.6) is 0 Å². The number of alkyl halides is 3. The van der Waals surface area contributed by atoms with E-state index in [9.17, 15) is 21.6 Å². The second kappa shape index (κ2) is 7.34. The Kier molecular flexibility index (Phi) is 4.92. The molecular formula is C18H16F3N7O2S. The Morgan fingerprint density at radius 3 is 2.45 bits per heavy atom. The van der Waals surface area contributed by atoms with Crippen LogP contribution in [0.3, 0.4) is 0 Å². The maximum atomic E-state index is 13.2. The summed E-state index contributed by atoms with van der Waals surface area (Å²) in [4.78, 5) is 0.0836. The molecule has 4 rings (SSSR count). The second-order valence-corrected chi connectivity index (χ2v) is 8.29. The van der Waals surface area contributed by atoms with Gasteiger partial charge in [0, 0.05) is 18.6 Å². The molecule has 1 aromatic carbocycles. The summed E-state index contributed by atoms with van der Waals surface area (Å²) < 4.78 is 69.3. The number of hydrogen-bond donors (Lipinski definition) is 1. The molecule has 31 heavy (non-hydrogen) atoms. The molecule has 0 bridgehead atoms. The lowest BCUT2D eigenvalue weighted by molar-refractivity contribution is -0.137. The second-order valence-electron chi connectivity index (χ2n) is 6.67. The topological polar surface area (TPSA) is 108 Å². The zero-order valence-corrected chi connectivity index (χ0v) is 17.1. The van der Waals surface area contributed by atoms with Crippen LogP contribution in [0.2, 0.25) is 0 Å². The van der Waals surface area contributed by atoms with Crippen LogP contribution in [0.4, 0.5) is 19.0 Å². The van der Waals surface area contributed by atoms with Gasteiger partial charge in [-0.25, -0.2) is 13.1 Å². The third-order valence-corrected chi connectivity index (χ3v) is 6.09. The van der Waals surface area contributed by atoms with Gasteiger partial charge >= 0.3 is 6.18 Å². The van der Waals surface area contributed by atoms with E-state index >= 15 is 0 Å². The van der Waals surface area contributed by atoms with E-state index < -0.39 is 21.8 Å². The lowest BCUT2D eigenvalue weighted by Crippen LogP contribution is -2.18. The first-order chi connectivity index (χ1) is 14.6. The molecule has 3 aromatic heterocycles. The van der Waals surface area contributed by atoms with Gasteiger partial charge < -0.3 is 0 Å². The van der Waals surface area contributed by atoms with Crippen molar-refractivity contribution >= 4 is 26.7 Å². The fourth-order valence-corrected chi connectivity index (χ4v) is 4.68. The number of sulfonamides is 1. The normalized spacial score (nSPS) is 12.4. The number of rotatable bonds is 5. The molecule has 162 valence electrons. The van der Waals surface area contributed by atoms with E-state index in [1.54, 1.807) is 25.4 Å². The highest BCUT2D eigenvalue weighted by Crippen LogP contribution is 2.30. The SMILES string of the molecule is CCc1ccc2cnn(C)c2c1S(=O)(=O)Nc1ccc(-n2cc(C(F)(F)F)cn2)nn1. The lowest BCUT2D eigenvalue weighted by Gasteiger charge is -2.13.